The molecule has 0 bridgehead atoms. The molecule has 2 aromatic rings. The number of piperidine rings is 1. The van der Waals surface area contributed by atoms with Gasteiger partial charge in [0.15, 0.2) is 0 Å². The minimum absolute atomic E-state index is 0.0346. The number of carbonyl (C=O) groups is 1. The molecular weight excluding hydrogens is 346 g/mol. The van der Waals surface area contributed by atoms with E-state index in [9.17, 15) is 4.79 Å². The van der Waals surface area contributed by atoms with E-state index in [1.807, 2.05) is 35.7 Å². The standard InChI is InChI=1S/C20H25N3O2S/c24-19(11-16-14-26-20(21-16)15-7-3-1-4-8-15)22-17-12-25-13-18(17)23-9-5-2-6-10-23/h1,3-4,7-8,14,17-18H,2,5-6,9-13H2,(H,22,24)/t17-,18-/m0/s1. The van der Waals surface area contributed by atoms with Gasteiger partial charge in [0.2, 0.25) is 5.91 Å². The zero-order chi connectivity index (χ0) is 17.8. The molecule has 3 heterocycles. The van der Waals surface area contributed by atoms with Gasteiger partial charge >= 0.3 is 0 Å². The number of nitrogens with one attached hydrogen (secondary N) is 1. The molecule has 0 aliphatic carbocycles. The number of aromatic nitrogens is 1. The molecule has 138 valence electrons. The first-order valence-corrected chi connectivity index (χ1v) is 10.3. The summed E-state index contributed by atoms with van der Waals surface area (Å²) in [6.07, 6.45) is 4.14. The zero-order valence-corrected chi connectivity index (χ0v) is 15.7. The van der Waals surface area contributed by atoms with Crippen LogP contribution in [0.5, 0.6) is 0 Å². The van der Waals surface area contributed by atoms with E-state index in [-0.39, 0.29) is 11.9 Å². The minimum atomic E-state index is 0.0346. The molecule has 0 spiro atoms. The van der Waals surface area contributed by atoms with Crippen LogP contribution >= 0.6 is 11.3 Å². The topological polar surface area (TPSA) is 54.5 Å². The average molecular weight is 372 g/mol. The number of hydrogen-bond donors (Lipinski definition) is 1. The van der Waals surface area contributed by atoms with Gasteiger partial charge in [0.25, 0.3) is 0 Å². The smallest absolute Gasteiger partial charge is 0.226 e. The molecule has 5 nitrogen and oxygen atoms in total. The number of carbonyl (C=O) groups excluding carboxylic acids is 1. The summed E-state index contributed by atoms with van der Waals surface area (Å²) in [6, 6.07) is 10.5. The molecule has 0 radical (unpaired) electrons. The van der Waals surface area contributed by atoms with Gasteiger partial charge in [-0.25, -0.2) is 4.98 Å². The number of nitrogens with zero attached hydrogens (tertiary/aromatic N) is 2. The van der Waals surface area contributed by atoms with Crippen molar-refractivity contribution in [2.24, 2.45) is 0 Å². The lowest BCUT2D eigenvalue weighted by Crippen LogP contribution is -2.52. The Morgan fingerprint density at radius 1 is 1.19 bits per heavy atom. The fraction of sp³-hybridized carbons (Fsp3) is 0.500. The van der Waals surface area contributed by atoms with E-state index in [4.69, 9.17) is 4.74 Å². The van der Waals surface area contributed by atoms with Gasteiger partial charge in [0, 0.05) is 10.9 Å². The molecule has 2 aliphatic rings. The third-order valence-corrected chi connectivity index (χ3v) is 6.11. The average Bonchev–Trinajstić information content (AvgIpc) is 3.33. The van der Waals surface area contributed by atoms with Crippen LogP contribution in [0.1, 0.15) is 25.0 Å². The van der Waals surface area contributed by atoms with Crippen molar-refractivity contribution < 1.29 is 9.53 Å². The third-order valence-electron chi connectivity index (χ3n) is 5.17. The minimum Gasteiger partial charge on any atom is -0.378 e. The first-order chi connectivity index (χ1) is 12.8. The van der Waals surface area contributed by atoms with E-state index in [1.54, 1.807) is 11.3 Å². The Hall–Kier alpha value is -1.76. The maximum Gasteiger partial charge on any atom is 0.226 e. The summed E-state index contributed by atoms with van der Waals surface area (Å²) < 4.78 is 5.67. The lowest BCUT2D eigenvalue weighted by Gasteiger charge is -2.34. The van der Waals surface area contributed by atoms with E-state index in [2.05, 4.69) is 15.2 Å². The molecule has 1 amide bonds. The number of rotatable bonds is 5. The maximum absolute atomic E-state index is 12.5. The van der Waals surface area contributed by atoms with Crippen LogP contribution in [0.25, 0.3) is 10.6 Å². The molecule has 0 unspecified atom stereocenters. The number of benzene rings is 1. The Kier molecular flexibility index (Phi) is 5.62. The van der Waals surface area contributed by atoms with Crippen molar-refractivity contribution in [1.82, 2.24) is 15.2 Å². The molecule has 2 atom stereocenters. The Morgan fingerprint density at radius 3 is 2.81 bits per heavy atom. The van der Waals surface area contributed by atoms with Gasteiger partial charge in [-0.2, -0.15) is 0 Å². The predicted octanol–water partition coefficient (Wildman–Crippen LogP) is 2.72. The normalized spacial score (nSPS) is 23.8. The van der Waals surface area contributed by atoms with Crippen LogP contribution in [-0.4, -0.2) is 54.2 Å². The monoisotopic (exact) mass is 371 g/mol. The van der Waals surface area contributed by atoms with Gasteiger partial charge in [0.1, 0.15) is 5.01 Å². The van der Waals surface area contributed by atoms with Gasteiger partial charge < -0.3 is 10.1 Å². The lowest BCUT2D eigenvalue weighted by atomic mass is 10.0. The molecule has 1 aromatic carbocycles. The van der Waals surface area contributed by atoms with Crippen LogP contribution in [0.2, 0.25) is 0 Å². The zero-order valence-electron chi connectivity index (χ0n) is 14.9. The fourth-order valence-electron chi connectivity index (χ4n) is 3.81. The van der Waals surface area contributed by atoms with Crippen molar-refractivity contribution >= 4 is 17.2 Å². The first kappa shape index (κ1) is 17.6. The van der Waals surface area contributed by atoms with Crippen molar-refractivity contribution in [3.8, 4) is 10.6 Å². The van der Waals surface area contributed by atoms with E-state index < -0.39 is 0 Å². The van der Waals surface area contributed by atoms with E-state index in [1.165, 1.54) is 19.3 Å². The molecule has 6 heteroatoms. The van der Waals surface area contributed by atoms with E-state index in [0.29, 0.717) is 19.1 Å². The summed E-state index contributed by atoms with van der Waals surface area (Å²) >= 11 is 1.59. The van der Waals surface area contributed by atoms with Gasteiger partial charge in [0.05, 0.1) is 37.4 Å². The molecule has 1 N–H and O–H groups in total. The van der Waals surface area contributed by atoms with Crippen LogP contribution in [0, 0.1) is 0 Å². The summed E-state index contributed by atoms with van der Waals surface area (Å²) in [7, 11) is 0. The van der Waals surface area contributed by atoms with Gasteiger partial charge in [-0.3, -0.25) is 9.69 Å². The number of ether oxygens (including phenoxy) is 1. The summed E-state index contributed by atoms with van der Waals surface area (Å²) in [6.45, 7) is 3.57. The second-order valence-electron chi connectivity index (χ2n) is 7.06. The molecule has 1 aromatic heterocycles. The first-order valence-electron chi connectivity index (χ1n) is 9.40. The number of hydrogen-bond acceptors (Lipinski definition) is 5. The Bertz CT molecular complexity index is 728. The van der Waals surface area contributed by atoms with Crippen molar-refractivity contribution in [2.45, 2.75) is 37.8 Å². The Morgan fingerprint density at radius 2 is 2.00 bits per heavy atom. The molecule has 2 fully saturated rings. The molecule has 4 rings (SSSR count). The summed E-state index contributed by atoms with van der Waals surface area (Å²) in [5.41, 5.74) is 1.93. The summed E-state index contributed by atoms with van der Waals surface area (Å²) in [4.78, 5) is 19.6. The fourth-order valence-corrected chi connectivity index (χ4v) is 4.64. The van der Waals surface area contributed by atoms with E-state index >= 15 is 0 Å². The van der Waals surface area contributed by atoms with Gasteiger partial charge in [-0.05, 0) is 25.9 Å². The highest BCUT2D eigenvalue weighted by Gasteiger charge is 2.34. The van der Waals surface area contributed by atoms with Crippen LogP contribution in [0.3, 0.4) is 0 Å². The van der Waals surface area contributed by atoms with Gasteiger partial charge in [-0.1, -0.05) is 36.8 Å². The van der Waals surface area contributed by atoms with Crippen LogP contribution in [0.15, 0.2) is 35.7 Å². The lowest BCUT2D eigenvalue weighted by molar-refractivity contribution is -0.121. The number of amides is 1. The van der Waals surface area contributed by atoms with Crippen molar-refractivity contribution in [2.75, 3.05) is 26.3 Å². The highest BCUT2D eigenvalue weighted by molar-refractivity contribution is 7.13. The maximum atomic E-state index is 12.5. The predicted molar refractivity (Wildman–Crippen MR) is 103 cm³/mol. The number of likely N-dealkylation sites (tertiary alicyclic amines) is 1. The molecule has 2 aliphatic heterocycles. The van der Waals surface area contributed by atoms with Crippen LogP contribution in [0.4, 0.5) is 0 Å². The quantitative estimate of drug-likeness (QED) is 0.878. The SMILES string of the molecule is O=C(Cc1csc(-c2ccccc2)n1)N[C@H]1COC[C@@H]1N1CCCCC1. The van der Waals surface area contributed by atoms with Crippen LogP contribution in [-0.2, 0) is 16.0 Å². The molecule has 0 saturated carbocycles. The second kappa shape index (κ2) is 8.29. The van der Waals surface area contributed by atoms with Crippen molar-refractivity contribution in [3.63, 3.8) is 0 Å². The second-order valence-corrected chi connectivity index (χ2v) is 7.92. The number of thiazole rings is 1. The van der Waals surface area contributed by atoms with Crippen molar-refractivity contribution in [1.29, 1.82) is 0 Å². The molecular formula is C20H25N3O2S. The summed E-state index contributed by atoms with van der Waals surface area (Å²) in [5, 5.41) is 6.13. The van der Waals surface area contributed by atoms with Crippen LogP contribution < -0.4 is 5.32 Å². The Labute approximate surface area is 158 Å². The van der Waals surface area contributed by atoms with Gasteiger partial charge in [-0.15, -0.1) is 11.3 Å². The highest BCUT2D eigenvalue weighted by atomic mass is 32.1. The van der Waals surface area contributed by atoms with E-state index in [0.717, 1.165) is 36.0 Å². The molecule has 26 heavy (non-hydrogen) atoms. The third kappa shape index (κ3) is 4.14. The molecule has 2 saturated heterocycles. The highest BCUT2D eigenvalue weighted by Crippen LogP contribution is 2.24. The van der Waals surface area contributed by atoms with Crippen molar-refractivity contribution in [3.05, 3.63) is 41.4 Å². The summed E-state index contributed by atoms with van der Waals surface area (Å²) in [5.74, 6) is 0.0346. The Balaban J connectivity index is 1.34. The largest absolute Gasteiger partial charge is 0.378 e.